The standard InChI is InChI=1S/C15H20O4S/c1-9(2)10-5-6-12-11(7-10)15(3,4)8-13(14(16)17)20(12,18)19/h5-7,9,13H,8H2,1-4H3,(H,16,17). The van der Waals surface area contributed by atoms with Crippen LogP contribution < -0.4 is 0 Å². The average molecular weight is 296 g/mol. The molecule has 4 nitrogen and oxygen atoms in total. The van der Waals surface area contributed by atoms with E-state index in [-0.39, 0.29) is 11.3 Å². The minimum Gasteiger partial charge on any atom is -0.480 e. The van der Waals surface area contributed by atoms with E-state index < -0.39 is 26.5 Å². The molecule has 0 fully saturated rings. The number of rotatable bonds is 2. The fourth-order valence-corrected chi connectivity index (χ4v) is 4.85. The first-order chi connectivity index (χ1) is 9.07. The maximum Gasteiger partial charge on any atom is 0.322 e. The molecule has 0 amide bonds. The molecule has 5 heteroatoms. The SMILES string of the molecule is CC(C)c1ccc2c(c1)C(C)(C)CC(C(=O)O)S2(=O)=O. The Hall–Kier alpha value is -1.36. The number of carbonyl (C=O) groups is 1. The van der Waals surface area contributed by atoms with Crippen molar-refractivity contribution in [1.82, 2.24) is 0 Å². The number of hydrogen-bond donors (Lipinski definition) is 1. The highest BCUT2D eigenvalue weighted by molar-refractivity contribution is 7.93. The normalized spacial score (nSPS) is 23.4. The van der Waals surface area contributed by atoms with Gasteiger partial charge >= 0.3 is 5.97 Å². The molecule has 0 bridgehead atoms. The van der Waals surface area contributed by atoms with Crippen LogP contribution >= 0.6 is 0 Å². The average Bonchev–Trinajstić information content (AvgIpc) is 2.33. The second-order valence-electron chi connectivity index (χ2n) is 6.37. The smallest absolute Gasteiger partial charge is 0.322 e. The van der Waals surface area contributed by atoms with Gasteiger partial charge < -0.3 is 5.11 Å². The van der Waals surface area contributed by atoms with Gasteiger partial charge in [0.1, 0.15) is 0 Å². The van der Waals surface area contributed by atoms with Crippen LogP contribution in [0.2, 0.25) is 0 Å². The molecule has 1 aromatic carbocycles. The van der Waals surface area contributed by atoms with E-state index in [1.807, 2.05) is 33.8 Å². The molecule has 110 valence electrons. The van der Waals surface area contributed by atoms with E-state index in [2.05, 4.69) is 0 Å². The van der Waals surface area contributed by atoms with E-state index in [4.69, 9.17) is 0 Å². The molecule has 0 saturated heterocycles. The third-order valence-corrected chi connectivity index (χ3v) is 6.14. The highest BCUT2D eigenvalue weighted by Crippen LogP contribution is 2.42. The molecule has 0 spiro atoms. The Morgan fingerprint density at radius 3 is 2.45 bits per heavy atom. The topological polar surface area (TPSA) is 71.4 Å². The van der Waals surface area contributed by atoms with Crippen LogP contribution in [0.1, 0.15) is 51.2 Å². The van der Waals surface area contributed by atoms with Crippen LogP contribution in [0, 0.1) is 0 Å². The molecule has 1 aromatic rings. The van der Waals surface area contributed by atoms with Crippen LogP contribution in [0.25, 0.3) is 0 Å². The number of sulfone groups is 1. The van der Waals surface area contributed by atoms with Crippen LogP contribution in [0.3, 0.4) is 0 Å². The van der Waals surface area contributed by atoms with Gasteiger partial charge in [-0.1, -0.05) is 39.8 Å². The van der Waals surface area contributed by atoms with E-state index in [0.717, 1.165) is 11.1 Å². The van der Waals surface area contributed by atoms with Crippen LogP contribution in [-0.2, 0) is 20.0 Å². The van der Waals surface area contributed by atoms with Crippen LogP contribution in [0.15, 0.2) is 23.1 Å². The molecular weight excluding hydrogens is 276 g/mol. The van der Waals surface area contributed by atoms with Crippen molar-refractivity contribution in [2.24, 2.45) is 0 Å². The summed E-state index contributed by atoms with van der Waals surface area (Å²) in [5.74, 6) is -0.965. The summed E-state index contributed by atoms with van der Waals surface area (Å²) < 4.78 is 24.9. The summed E-state index contributed by atoms with van der Waals surface area (Å²) >= 11 is 0. The van der Waals surface area contributed by atoms with E-state index in [1.165, 1.54) is 0 Å². The van der Waals surface area contributed by atoms with E-state index in [0.29, 0.717) is 5.92 Å². The predicted octanol–water partition coefficient (Wildman–Crippen LogP) is 2.72. The minimum atomic E-state index is -3.80. The van der Waals surface area contributed by atoms with Crippen molar-refractivity contribution in [1.29, 1.82) is 0 Å². The lowest BCUT2D eigenvalue weighted by molar-refractivity contribution is -0.137. The van der Waals surface area contributed by atoms with E-state index in [9.17, 15) is 18.3 Å². The maximum atomic E-state index is 12.4. The Labute approximate surface area is 119 Å². The zero-order valence-corrected chi connectivity index (χ0v) is 13.0. The fraction of sp³-hybridized carbons (Fsp3) is 0.533. The molecule has 1 aliphatic heterocycles. The monoisotopic (exact) mass is 296 g/mol. The number of carboxylic acids is 1. The zero-order valence-electron chi connectivity index (χ0n) is 12.2. The summed E-state index contributed by atoms with van der Waals surface area (Å²) in [5.41, 5.74) is 1.34. The Balaban J connectivity index is 2.72. The van der Waals surface area contributed by atoms with Crippen molar-refractivity contribution in [2.75, 3.05) is 0 Å². The zero-order chi connectivity index (χ0) is 15.3. The van der Waals surface area contributed by atoms with Crippen molar-refractivity contribution in [3.05, 3.63) is 29.3 Å². The van der Waals surface area contributed by atoms with Crippen molar-refractivity contribution in [3.63, 3.8) is 0 Å². The van der Waals surface area contributed by atoms with Gasteiger partial charge in [0.05, 0.1) is 4.90 Å². The quantitative estimate of drug-likeness (QED) is 0.911. The summed E-state index contributed by atoms with van der Waals surface area (Å²) in [5, 5.41) is 7.84. The molecule has 1 aliphatic rings. The van der Waals surface area contributed by atoms with Crippen LogP contribution in [0.4, 0.5) is 0 Å². The molecule has 20 heavy (non-hydrogen) atoms. The fourth-order valence-electron chi connectivity index (χ4n) is 2.74. The number of hydrogen-bond acceptors (Lipinski definition) is 3. The van der Waals surface area contributed by atoms with Crippen LogP contribution in [-0.4, -0.2) is 24.7 Å². The Morgan fingerprint density at radius 2 is 1.95 bits per heavy atom. The van der Waals surface area contributed by atoms with Gasteiger partial charge in [0.25, 0.3) is 0 Å². The third kappa shape index (κ3) is 2.24. The molecule has 1 atom stereocenters. The molecule has 0 aromatic heterocycles. The number of benzene rings is 1. The van der Waals surface area contributed by atoms with E-state index >= 15 is 0 Å². The molecular formula is C15H20O4S. The Morgan fingerprint density at radius 1 is 1.35 bits per heavy atom. The summed E-state index contributed by atoms with van der Waals surface area (Å²) in [4.78, 5) is 11.4. The van der Waals surface area contributed by atoms with Gasteiger partial charge in [0.2, 0.25) is 0 Å². The number of fused-ring (bicyclic) bond motifs is 1. The van der Waals surface area contributed by atoms with Crippen molar-refractivity contribution < 1.29 is 18.3 Å². The van der Waals surface area contributed by atoms with Gasteiger partial charge in [0.15, 0.2) is 15.1 Å². The maximum absolute atomic E-state index is 12.4. The van der Waals surface area contributed by atoms with Crippen molar-refractivity contribution in [3.8, 4) is 0 Å². The predicted molar refractivity (Wildman–Crippen MR) is 76.8 cm³/mol. The van der Waals surface area contributed by atoms with E-state index in [1.54, 1.807) is 12.1 Å². The largest absolute Gasteiger partial charge is 0.480 e. The van der Waals surface area contributed by atoms with Gasteiger partial charge in [-0.05, 0) is 34.9 Å². The van der Waals surface area contributed by atoms with Gasteiger partial charge in [-0.2, -0.15) is 0 Å². The summed E-state index contributed by atoms with van der Waals surface area (Å²) in [6.07, 6.45) is 0.110. The highest BCUT2D eigenvalue weighted by atomic mass is 32.2. The lowest BCUT2D eigenvalue weighted by atomic mass is 9.78. The molecule has 1 heterocycles. The van der Waals surface area contributed by atoms with Gasteiger partial charge in [0, 0.05) is 0 Å². The van der Waals surface area contributed by atoms with Gasteiger partial charge in [-0.3, -0.25) is 4.79 Å². The summed E-state index contributed by atoms with van der Waals surface area (Å²) in [6, 6.07) is 5.26. The second-order valence-corrected chi connectivity index (χ2v) is 8.47. The lowest BCUT2D eigenvalue weighted by Crippen LogP contribution is -2.42. The van der Waals surface area contributed by atoms with Gasteiger partial charge in [-0.15, -0.1) is 0 Å². The summed E-state index contributed by atoms with van der Waals surface area (Å²) in [7, 11) is -3.80. The molecule has 1 N–H and O–H groups in total. The summed E-state index contributed by atoms with van der Waals surface area (Å²) in [6.45, 7) is 7.90. The number of carboxylic acid groups (broad SMARTS) is 1. The van der Waals surface area contributed by atoms with Gasteiger partial charge in [-0.25, -0.2) is 8.42 Å². The molecule has 2 rings (SSSR count). The molecule has 0 aliphatic carbocycles. The Bertz CT molecular complexity index is 656. The molecule has 0 saturated carbocycles. The van der Waals surface area contributed by atoms with Crippen molar-refractivity contribution >= 4 is 15.8 Å². The minimum absolute atomic E-state index is 0.110. The first-order valence-corrected chi connectivity index (χ1v) is 8.23. The first-order valence-electron chi connectivity index (χ1n) is 6.68. The Kier molecular flexibility index (Phi) is 3.45. The molecule has 0 radical (unpaired) electrons. The number of aliphatic carboxylic acids is 1. The molecule has 1 unspecified atom stereocenters. The highest BCUT2D eigenvalue weighted by Gasteiger charge is 2.46. The van der Waals surface area contributed by atoms with Crippen LogP contribution in [0.5, 0.6) is 0 Å². The first kappa shape index (κ1) is 15.0. The second kappa shape index (κ2) is 4.58. The third-order valence-electron chi connectivity index (χ3n) is 4.05. The lowest BCUT2D eigenvalue weighted by Gasteiger charge is -2.36. The van der Waals surface area contributed by atoms with Crippen molar-refractivity contribution in [2.45, 2.75) is 55.6 Å².